The molecule has 0 N–H and O–H groups in total. The Morgan fingerprint density at radius 2 is 1.94 bits per heavy atom. The molecule has 94 valence electrons. The normalized spacial score (nSPS) is 14.0. The number of hydrogen-bond acceptors (Lipinski definition) is 4. The van der Waals surface area contributed by atoms with Gasteiger partial charge in [-0.05, 0) is 19.1 Å². The quantitative estimate of drug-likeness (QED) is 0.578. The minimum absolute atomic E-state index is 0.113. The SMILES string of the molecule is CCOP(=O)(CCOC(C)=O)c1ccccc1. The zero-order valence-electron chi connectivity index (χ0n) is 10.1. The molecule has 0 spiro atoms. The molecule has 5 heteroatoms. The Bertz CT molecular complexity index is 402. The monoisotopic (exact) mass is 256 g/mol. The summed E-state index contributed by atoms with van der Waals surface area (Å²) in [5.41, 5.74) is 0. The van der Waals surface area contributed by atoms with Gasteiger partial charge < -0.3 is 9.26 Å². The maximum atomic E-state index is 12.6. The Morgan fingerprint density at radius 3 is 2.47 bits per heavy atom. The average molecular weight is 256 g/mol. The molecule has 1 atom stereocenters. The van der Waals surface area contributed by atoms with Crippen LogP contribution in [0.1, 0.15) is 13.8 Å². The first kappa shape index (κ1) is 13.9. The van der Waals surface area contributed by atoms with Crippen molar-refractivity contribution in [1.82, 2.24) is 0 Å². The standard InChI is InChI=1S/C12H17O4P/c1-3-16-17(14,10-9-15-11(2)13)12-7-5-4-6-8-12/h4-8H,3,9-10H2,1-2H3. The predicted molar refractivity (Wildman–Crippen MR) is 66.8 cm³/mol. The third kappa shape index (κ3) is 4.33. The minimum atomic E-state index is -2.91. The molecule has 0 aromatic heterocycles. The van der Waals surface area contributed by atoms with Gasteiger partial charge in [-0.3, -0.25) is 9.36 Å². The van der Waals surface area contributed by atoms with Gasteiger partial charge in [-0.2, -0.15) is 0 Å². The molecular formula is C12H17O4P. The lowest BCUT2D eigenvalue weighted by molar-refractivity contribution is -0.140. The van der Waals surface area contributed by atoms with Crippen LogP contribution in [0, 0.1) is 0 Å². The van der Waals surface area contributed by atoms with Crippen molar-refractivity contribution < 1.29 is 18.6 Å². The molecule has 0 amide bonds. The van der Waals surface area contributed by atoms with Crippen LogP contribution >= 0.6 is 7.37 Å². The lowest BCUT2D eigenvalue weighted by Gasteiger charge is -2.17. The van der Waals surface area contributed by atoms with E-state index in [2.05, 4.69) is 0 Å². The second-order valence-electron chi connectivity index (χ2n) is 3.49. The third-order valence-electron chi connectivity index (χ3n) is 2.18. The van der Waals surface area contributed by atoms with Crippen molar-refractivity contribution in [3.63, 3.8) is 0 Å². The molecule has 0 saturated carbocycles. The van der Waals surface area contributed by atoms with Crippen LogP contribution in [-0.2, 0) is 18.6 Å². The maximum Gasteiger partial charge on any atom is 0.302 e. The lowest BCUT2D eigenvalue weighted by atomic mass is 10.4. The van der Waals surface area contributed by atoms with Crippen LogP contribution < -0.4 is 5.30 Å². The number of esters is 1. The van der Waals surface area contributed by atoms with Crippen LogP contribution in [0.25, 0.3) is 0 Å². The van der Waals surface area contributed by atoms with E-state index >= 15 is 0 Å². The first-order valence-corrected chi connectivity index (χ1v) is 7.32. The van der Waals surface area contributed by atoms with Crippen molar-refractivity contribution in [1.29, 1.82) is 0 Å². The molecule has 0 aliphatic heterocycles. The van der Waals surface area contributed by atoms with E-state index in [0.29, 0.717) is 11.9 Å². The average Bonchev–Trinajstić information content (AvgIpc) is 2.30. The first-order valence-electron chi connectivity index (χ1n) is 5.51. The summed E-state index contributed by atoms with van der Waals surface area (Å²) in [5.74, 6) is -0.374. The van der Waals surface area contributed by atoms with Crippen LogP contribution in [0.4, 0.5) is 0 Å². The summed E-state index contributed by atoms with van der Waals surface area (Å²) >= 11 is 0. The molecule has 0 fully saturated rings. The molecule has 1 aromatic carbocycles. The lowest BCUT2D eigenvalue weighted by Crippen LogP contribution is -2.14. The summed E-state index contributed by atoms with van der Waals surface area (Å²) in [7, 11) is -2.91. The van der Waals surface area contributed by atoms with E-state index in [1.807, 2.05) is 18.2 Å². The predicted octanol–water partition coefficient (Wildman–Crippen LogP) is 2.19. The summed E-state index contributed by atoms with van der Waals surface area (Å²) in [4.78, 5) is 10.7. The van der Waals surface area contributed by atoms with E-state index in [1.165, 1.54) is 6.92 Å². The Kier molecular flexibility index (Phi) is 5.39. The number of benzene rings is 1. The first-order chi connectivity index (χ1) is 8.08. The third-order valence-corrected chi connectivity index (χ3v) is 4.71. The van der Waals surface area contributed by atoms with Gasteiger partial charge in [0.2, 0.25) is 7.37 Å². The molecule has 0 bridgehead atoms. The van der Waals surface area contributed by atoms with Crippen LogP contribution in [0.15, 0.2) is 30.3 Å². The molecule has 0 heterocycles. The fourth-order valence-electron chi connectivity index (χ4n) is 1.44. The van der Waals surface area contributed by atoms with Crippen molar-refractivity contribution in [2.45, 2.75) is 13.8 Å². The van der Waals surface area contributed by atoms with Gasteiger partial charge in [-0.15, -0.1) is 0 Å². The fraction of sp³-hybridized carbons (Fsp3) is 0.417. The molecule has 0 aliphatic carbocycles. The molecule has 0 saturated heterocycles. The zero-order chi connectivity index (χ0) is 12.7. The Balaban J connectivity index is 2.76. The summed E-state index contributed by atoms with van der Waals surface area (Å²) in [6, 6.07) is 9.01. The fourth-order valence-corrected chi connectivity index (χ4v) is 3.35. The largest absolute Gasteiger partial charge is 0.465 e. The Morgan fingerprint density at radius 1 is 1.29 bits per heavy atom. The summed E-state index contributed by atoms with van der Waals surface area (Å²) in [5, 5.41) is 0.661. The van der Waals surface area contributed by atoms with Crippen LogP contribution in [-0.4, -0.2) is 25.3 Å². The van der Waals surface area contributed by atoms with Gasteiger partial charge in [0.1, 0.15) is 6.61 Å². The van der Waals surface area contributed by atoms with E-state index in [1.54, 1.807) is 19.1 Å². The Labute approximate surface area is 101 Å². The number of ether oxygens (including phenoxy) is 1. The summed E-state index contributed by atoms with van der Waals surface area (Å²) in [6.07, 6.45) is 0.213. The smallest absolute Gasteiger partial charge is 0.302 e. The van der Waals surface area contributed by atoms with Gasteiger partial charge in [0.15, 0.2) is 0 Å². The van der Waals surface area contributed by atoms with Crippen LogP contribution in [0.5, 0.6) is 0 Å². The highest BCUT2D eigenvalue weighted by Gasteiger charge is 2.25. The highest BCUT2D eigenvalue weighted by Crippen LogP contribution is 2.45. The van der Waals surface area contributed by atoms with E-state index < -0.39 is 7.37 Å². The van der Waals surface area contributed by atoms with E-state index in [-0.39, 0.29) is 18.7 Å². The summed E-state index contributed by atoms with van der Waals surface area (Å²) in [6.45, 7) is 3.60. The van der Waals surface area contributed by atoms with Gasteiger partial charge in [-0.1, -0.05) is 18.2 Å². The molecular weight excluding hydrogens is 239 g/mol. The number of carbonyl (C=O) groups excluding carboxylic acids is 1. The molecule has 0 aliphatic rings. The van der Waals surface area contributed by atoms with Crippen molar-refractivity contribution in [3.8, 4) is 0 Å². The van der Waals surface area contributed by atoms with Crippen molar-refractivity contribution in [3.05, 3.63) is 30.3 Å². The minimum Gasteiger partial charge on any atom is -0.465 e. The Hall–Kier alpha value is -1.12. The van der Waals surface area contributed by atoms with Crippen molar-refractivity contribution in [2.24, 2.45) is 0 Å². The molecule has 1 unspecified atom stereocenters. The van der Waals surface area contributed by atoms with E-state index in [0.717, 1.165) is 0 Å². The van der Waals surface area contributed by atoms with Gasteiger partial charge in [-0.25, -0.2) is 0 Å². The van der Waals surface area contributed by atoms with Crippen LogP contribution in [0.2, 0.25) is 0 Å². The summed E-state index contributed by atoms with van der Waals surface area (Å²) < 4.78 is 22.8. The number of carbonyl (C=O) groups is 1. The van der Waals surface area contributed by atoms with Crippen LogP contribution in [0.3, 0.4) is 0 Å². The number of rotatable bonds is 6. The zero-order valence-corrected chi connectivity index (χ0v) is 11.0. The molecule has 4 nitrogen and oxygen atoms in total. The van der Waals surface area contributed by atoms with Gasteiger partial charge in [0.05, 0.1) is 12.8 Å². The van der Waals surface area contributed by atoms with E-state index in [9.17, 15) is 9.36 Å². The highest BCUT2D eigenvalue weighted by molar-refractivity contribution is 7.67. The number of hydrogen-bond donors (Lipinski definition) is 0. The topological polar surface area (TPSA) is 52.6 Å². The molecule has 1 aromatic rings. The second-order valence-corrected chi connectivity index (χ2v) is 6.06. The van der Waals surface area contributed by atoms with Crippen molar-refractivity contribution >= 4 is 18.6 Å². The molecule has 0 radical (unpaired) electrons. The van der Waals surface area contributed by atoms with Gasteiger partial charge >= 0.3 is 5.97 Å². The molecule has 17 heavy (non-hydrogen) atoms. The van der Waals surface area contributed by atoms with Crippen molar-refractivity contribution in [2.75, 3.05) is 19.4 Å². The second kappa shape index (κ2) is 6.58. The maximum absolute atomic E-state index is 12.6. The van der Waals surface area contributed by atoms with E-state index in [4.69, 9.17) is 9.26 Å². The highest BCUT2D eigenvalue weighted by atomic mass is 31.2. The van der Waals surface area contributed by atoms with Gasteiger partial charge in [0.25, 0.3) is 0 Å². The molecule has 1 rings (SSSR count). The van der Waals surface area contributed by atoms with Gasteiger partial charge in [0, 0.05) is 12.2 Å².